The SMILES string of the molecule is CC/C=C/C=C/C=C\C=C/C=C/CCCC(CC(=O)NC(CO)C(O)CCCCCCCCCCCC)OC(=O)CCCCC/C=C/C/C=C/C/C=C/C/C=C/CC. The van der Waals surface area contributed by atoms with Crippen molar-refractivity contribution in [2.24, 2.45) is 0 Å². The van der Waals surface area contributed by atoms with Crippen molar-refractivity contribution in [1.82, 2.24) is 5.32 Å². The summed E-state index contributed by atoms with van der Waals surface area (Å²) in [5.74, 6) is -0.598. The van der Waals surface area contributed by atoms with Gasteiger partial charge >= 0.3 is 5.97 Å². The third kappa shape index (κ3) is 39.4. The Balaban J connectivity index is 4.80. The topological polar surface area (TPSA) is 95.9 Å². The van der Waals surface area contributed by atoms with Crippen LogP contribution in [-0.4, -0.2) is 46.9 Å². The lowest BCUT2D eigenvalue weighted by molar-refractivity contribution is -0.151. The van der Waals surface area contributed by atoms with E-state index in [1.165, 1.54) is 44.9 Å². The van der Waals surface area contributed by atoms with Crippen LogP contribution in [0.4, 0.5) is 0 Å². The summed E-state index contributed by atoms with van der Waals surface area (Å²) in [6, 6.07) is -0.736. The molecule has 3 N–H and O–H groups in total. The number of esters is 1. The van der Waals surface area contributed by atoms with Gasteiger partial charge in [-0.2, -0.15) is 0 Å². The molecule has 3 unspecified atom stereocenters. The van der Waals surface area contributed by atoms with Crippen LogP contribution in [0.1, 0.15) is 181 Å². The first-order valence-electron chi connectivity index (χ1n) is 23.2. The molecule has 328 valence electrons. The van der Waals surface area contributed by atoms with E-state index in [0.717, 1.165) is 89.9 Å². The van der Waals surface area contributed by atoms with Gasteiger partial charge in [-0.1, -0.05) is 201 Å². The first kappa shape index (κ1) is 54.5. The Morgan fingerprint density at radius 3 is 1.62 bits per heavy atom. The summed E-state index contributed by atoms with van der Waals surface area (Å²) in [5.41, 5.74) is 0. The molecule has 6 nitrogen and oxygen atoms in total. The second kappa shape index (κ2) is 44.6. The average molecular weight is 804 g/mol. The van der Waals surface area contributed by atoms with Gasteiger partial charge in [0, 0.05) is 6.42 Å². The van der Waals surface area contributed by atoms with Gasteiger partial charge in [-0.15, -0.1) is 0 Å². The Morgan fingerprint density at radius 1 is 0.534 bits per heavy atom. The second-order valence-electron chi connectivity index (χ2n) is 15.2. The normalized spacial score (nSPS) is 14.4. The largest absolute Gasteiger partial charge is 0.462 e. The highest BCUT2D eigenvalue weighted by molar-refractivity contribution is 5.77. The van der Waals surface area contributed by atoms with Crippen molar-refractivity contribution in [1.29, 1.82) is 0 Å². The number of hydrogen-bond donors (Lipinski definition) is 3. The molecule has 0 saturated heterocycles. The summed E-state index contributed by atoms with van der Waals surface area (Å²) in [4.78, 5) is 26.0. The van der Waals surface area contributed by atoms with Gasteiger partial charge in [-0.3, -0.25) is 9.59 Å². The fourth-order valence-corrected chi connectivity index (χ4v) is 6.27. The smallest absolute Gasteiger partial charge is 0.306 e. The number of rotatable bonds is 39. The molecule has 0 aliphatic heterocycles. The van der Waals surface area contributed by atoms with E-state index in [1.54, 1.807) is 0 Å². The second-order valence-corrected chi connectivity index (χ2v) is 15.2. The fourth-order valence-electron chi connectivity index (χ4n) is 6.27. The van der Waals surface area contributed by atoms with Gasteiger partial charge in [-0.05, 0) is 77.0 Å². The van der Waals surface area contributed by atoms with Crippen LogP contribution >= 0.6 is 0 Å². The van der Waals surface area contributed by atoms with Gasteiger partial charge in [0.2, 0.25) is 5.91 Å². The molecule has 0 aliphatic rings. The number of allylic oxidation sites excluding steroid dienone is 18. The van der Waals surface area contributed by atoms with Crippen molar-refractivity contribution in [2.75, 3.05) is 6.61 Å². The molecule has 0 saturated carbocycles. The van der Waals surface area contributed by atoms with Crippen molar-refractivity contribution in [3.63, 3.8) is 0 Å². The van der Waals surface area contributed by atoms with E-state index in [0.29, 0.717) is 19.3 Å². The molecular weight excluding hydrogens is 719 g/mol. The molecule has 0 aliphatic carbocycles. The zero-order valence-corrected chi connectivity index (χ0v) is 37.1. The van der Waals surface area contributed by atoms with E-state index < -0.39 is 18.2 Å². The van der Waals surface area contributed by atoms with Gasteiger partial charge in [0.15, 0.2) is 0 Å². The lowest BCUT2D eigenvalue weighted by Crippen LogP contribution is -2.46. The molecule has 1 amide bonds. The predicted octanol–water partition coefficient (Wildman–Crippen LogP) is 13.6. The summed E-state index contributed by atoms with van der Waals surface area (Å²) in [5, 5.41) is 23.6. The van der Waals surface area contributed by atoms with Crippen LogP contribution in [0.2, 0.25) is 0 Å². The lowest BCUT2D eigenvalue weighted by atomic mass is 10.0. The number of aliphatic hydroxyl groups is 2. The Bertz CT molecular complexity index is 1220. The molecule has 3 atom stereocenters. The summed E-state index contributed by atoms with van der Waals surface area (Å²) in [6.07, 6.45) is 60.1. The Morgan fingerprint density at radius 2 is 1.03 bits per heavy atom. The number of aliphatic hydroxyl groups excluding tert-OH is 2. The molecule has 0 spiro atoms. The first-order valence-corrected chi connectivity index (χ1v) is 23.2. The maximum atomic E-state index is 13.1. The number of unbranched alkanes of at least 4 members (excludes halogenated alkanes) is 13. The third-order valence-electron chi connectivity index (χ3n) is 9.73. The van der Waals surface area contributed by atoms with E-state index in [2.05, 4.69) is 86.8 Å². The monoisotopic (exact) mass is 804 g/mol. The standard InChI is InChI=1S/C52H85NO5/c1-4-7-10-13-16-19-22-24-25-26-28-30-33-36-39-42-45-52(57)58-48(43-40-37-34-31-29-27-23-20-17-14-11-8-5-2)46-51(56)53-49(47-54)50(55)44-41-38-35-32-21-18-15-12-9-6-3/h7-8,10-11,14,16-17,19-20,23-25,27-31,34,48-50,54-55H,4-6,9,12-13,15,18,21-22,26,32-33,35-47H2,1-3H3,(H,53,56)/b10-7+,11-8+,17-14+,19-16+,23-20-,25-24+,29-27-,30-28+,34-31+. The van der Waals surface area contributed by atoms with E-state index in [1.807, 2.05) is 48.6 Å². The number of nitrogens with one attached hydrogen (secondary N) is 1. The summed E-state index contributed by atoms with van der Waals surface area (Å²) in [7, 11) is 0. The van der Waals surface area contributed by atoms with E-state index in [-0.39, 0.29) is 24.9 Å². The summed E-state index contributed by atoms with van der Waals surface area (Å²) < 4.78 is 5.85. The van der Waals surface area contributed by atoms with Crippen LogP contribution in [0.5, 0.6) is 0 Å². The van der Waals surface area contributed by atoms with Crippen molar-refractivity contribution in [3.05, 3.63) is 109 Å². The van der Waals surface area contributed by atoms with Crippen LogP contribution in [0, 0.1) is 0 Å². The fraction of sp³-hybridized carbons (Fsp3) is 0.615. The minimum atomic E-state index is -0.817. The molecular formula is C52H85NO5. The number of carbonyl (C=O) groups is 2. The van der Waals surface area contributed by atoms with Crippen LogP contribution in [0.25, 0.3) is 0 Å². The number of amides is 1. The van der Waals surface area contributed by atoms with Crippen LogP contribution in [0.15, 0.2) is 109 Å². The minimum Gasteiger partial charge on any atom is -0.462 e. The summed E-state index contributed by atoms with van der Waals surface area (Å²) >= 11 is 0. The van der Waals surface area contributed by atoms with Crippen molar-refractivity contribution >= 4 is 11.9 Å². The first-order chi connectivity index (χ1) is 28.5. The van der Waals surface area contributed by atoms with Gasteiger partial charge < -0.3 is 20.3 Å². The Kier molecular flexibility index (Phi) is 41.9. The zero-order chi connectivity index (χ0) is 42.4. The maximum absolute atomic E-state index is 13.1. The highest BCUT2D eigenvalue weighted by Crippen LogP contribution is 2.16. The molecule has 6 heteroatoms. The van der Waals surface area contributed by atoms with Crippen molar-refractivity contribution < 1.29 is 24.5 Å². The van der Waals surface area contributed by atoms with Crippen LogP contribution < -0.4 is 5.32 Å². The van der Waals surface area contributed by atoms with Crippen LogP contribution in [-0.2, 0) is 14.3 Å². The van der Waals surface area contributed by atoms with E-state index >= 15 is 0 Å². The van der Waals surface area contributed by atoms with Gasteiger partial charge in [0.1, 0.15) is 6.10 Å². The molecule has 0 fully saturated rings. The van der Waals surface area contributed by atoms with Crippen molar-refractivity contribution in [3.8, 4) is 0 Å². The van der Waals surface area contributed by atoms with Gasteiger partial charge in [-0.25, -0.2) is 0 Å². The molecule has 0 heterocycles. The van der Waals surface area contributed by atoms with Gasteiger partial charge in [0.25, 0.3) is 0 Å². The highest BCUT2D eigenvalue weighted by Gasteiger charge is 2.23. The molecule has 58 heavy (non-hydrogen) atoms. The molecule has 0 aromatic carbocycles. The predicted molar refractivity (Wildman–Crippen MR) is 250 cm³/mol. The Hall–Kier alpha value is -3.48. The molecule has 0 bridgehead atoms. The highest BCUT2D eigenvalue weighted by atomic mass is 16.5. The molecule has 0 aromatic heterocycles. The molecule has 0 radical (unpaired) electrons. The van der Waals surface area contributed by atoms with E-state index in [9.17, 15) is 19.8 Å². The summed E-state index contributed by atoms with van der Waals surface area (Å²) in [6.45, 7) is 6.15. The number of carbonyl (C=O) groups excluding carboxylic acids is 2. The molecule has 0 aromatic rings. The Labute approximate surface area is 356 Å². The van der Waals surface area contributed by atoms with Gasteiger partial charge in [0.05, 0.1) is 25.2 Å². The third-order valence-corrected chi connectivity index (χ3v) is 9.73. The van der Waals surface area contributed by atoms with Crippen molar-refractivity contribution in [2.45, 2.75) is 200 Å². The number of hydrogen-bond acceptors (Lipinski definition) is 5. The zero-order valence-electron chi connectivity index (χ0n) is 37.1. The lowest BCUT2D eigenvalue weighted by Gasteiger charge is -2.24. The quantitative estimate of drug-likeness (QED) is 0.0249. The average Bonchev–Trinajstić information content (AvgIpc) is 3.22. The molecule has 0 rings (SSSR count). The number of ether oxygens (including phenoxy) is 1. The van der Waals surface area contributed by atoms with Crippen LogP contribution in [0.3, 0.4) is 0 Å². The van der Waals surface area contributed by atoms with E-state index in [4.69, 9.17) is 4.74 Å². The minimum absolute atomic E-state index is 0.00835. The maximum Gasteiger partial charge on any atom is 0.306 e.